The summed E-state index contributed by atoms with van der Waals surface area (Å²) in [7, 11) is -2.06. The molecule has 0 unspecified atom stereocenters. The molecule has 29 heavy (non-hydrogen) atoms. The van der Waals surface area contributed by atoms with Gasteiger partial charge in [0.15, 0.2) is 6.54 Å². The number of rotatable bonds is 6. The monoisotopic (exact) mass is 424 g/mol. The van der Waals surface area contributed by atoms with Crippen LogP contribution in [0.2, 0.25) is 0 Å². The molecule has 162 valence electrons. The number of amides is 1. The van der Waals surface area contributed by atoms with Crippen molar-refractivity contribution in [2.45, 2.75) is 50.3 Å². The second-order valence-electron chi connectivity index (χ2n) is 8.34. The van der Waals surface area contributed by atoms with Gasteiger partial charge in [0.2, 0.25) is 10.0 Å². The quantitative estimate of drug-likeness (QED) is 0.726. The van der Waals surface area contributed by atoms with E-state index >= 15 is 0 Å². The summed E-state index contributed by atoms with van der Waals surface area (Å²) in [5, 5.41) is 2.88. The SMILES string of the molecule is COc1ccc(S(=O)(=O)N2CCCCCC2)cc1NC(=O)C[NH+]1CCC(C)CC1. The number of carbonyl (C=O) groups is 1. The van der Waals surface area contributed by atoms with Crippen molar-refractivity contribution in [2.24, 2.45) is 5.92 Å². The number of hydrogen-bond donors (Lipinski definition) is 2. The number of carbonyl (C=O) groups excluding carboxylic acids is 1. The molecule has 0 aromatic heterocycles. The lowest BCUT2D eigenvalue weighted by Crippen LogP contribution is -3.14. The van der Waals surface area contributed by atoms with Crippen molar-refractivity contribution in [1.82, 2.24) is 4.31 Å². The summed E-state index contributed by atoms with van der Waals surface area (Å²) in [5.41, 5.74) is 0.415. The molecule has 1 amide bonds. The molecule has 2 saturated heterocycles. The van der Waals surface area contributed by atoms with Crippen molar-refractivity contribution >= 4 is 21.6 Å². The molecule has 2 fully saturated rings. The first-order chi connectivity index (χ1) is 13.9. The van der Waals surface area contributed by atoms with E-state index in [4.69, 9.17) is 4.74 Å². The van der Waals surface area contributed by atoms with Crippen LogP contribution in [0.15, 0.2) is 23.1 Å². The van der Waals surface area contributed by atoms with Crippen LogP contribution in [0.1, 0.15) is 45.4 Å². The van der Waals surface area contributed by atoms with E-state index in [-0.39, 0.29) is 10.8 Å². The van der Waals surface area contributed by atoms with Gasteiger partial charge in [-0.15, -0.1) is 0 Å². The fraction of sp³-hybridized carbons (Fsp3) is 0.667. The zero-order valence-electron chi connectivity index (χ0n) is 17.6. The van der Waals surface area contributed by atoms with Gasteiger partial charge >= 0.3 is 0 Å². The molecule has 0 radical (unpaired) electrons. The standard InChI is InChI=1S/C21H33N3O4S/c1-17-9-13-23(14-10-17)16-21(25)22-19-15-18(7-8-20(19)28-2)29(26,27)24-11-5-3-4-6-12-24/h7-8,15,17H,3-6,9-14,16H2,1-2H3,(H,22,25)/p+1. The summed E-state index contributed by atoms with van der Waals surface area (Å²) < 4.78 is 33.1. The first-order valence-corrected chi connectivity index (χ1v) is 12.2. The Morgan fingerprint density at radius 2 is 1.83 bits per heavy atom. The van der Waals surface area contributed by atoms with Gasteiger partial charge in [-0.05, 0) is 49.8 Å². The summed E-state index contributed by atoms with van der Waals surface area (Å²) in [5.74, 6) is 1.08. The number of ether oxygens (including phenoxy) is 1. The van der Waals surface area contributed by atoms with Gasteiger partial charge in [-0.1, -0.05) is 19.8 Å². The van der Waals surface area contributed by atoms with E-state index < -0.39 is 10.0 Å². The normalized spacial score (nSPS) is 23.9. The summed E-state index contributed by atoms with van der Waals surface area (Å²) in [6, 6.07) is 4.71. The molecule has 0 aliphatic carbocycles. The smallest absolute Gasteiger partial charge is 0.279 e. The Morgan fingerprint density at radius 3 is 2.45 bits per heavy atom. The average molecular weight is 425 g/mol. The molecule has 2 aliphatic heterocycles. The second kappa shape index (κ2) is 9.91. The van der Waals surface area contributed by atoms with Crippen LogP contribution in [0.25, 0.3) is 0 Å². The Kier molecular flexibility index (Phi) is 7.54. The highest BCUT2D eigenvalue weighted by Crippen LogP contribution is 2.29. The lowest BCUT2D eigenvalue weighted by molar-refractivity contribution is -0.897. The number of quaternary nitrogens is 1. The molecule has 0 atom stereocenters. The summed E-state index contributed by atoms with van der Waals surface area (Å²) in [4.78, 5) is 14.1. The van der Waals surface area contributed by atoms with E-state index in [0.717, 1.165) is 57.5 Å². The average Bonchev–Trinajstić information content (AvgIpc) is 3.00. The van der Waals surface area contributed by atoms with Crippen LogP contribution in [-0.2, 0) is 14.8 Å². The third kappa shape index (κ3) is 5.71. The molecule has 0 bridgehead atoms. The maximum atomic E-state index is 13.1. The van der Waals surface area contributed by atoms with Gasteiger partial charge in [-0.2, -0.15) is 4.31 Å². The van der Waals surface area contributed by atoms with Crippen molar-refractivity contribution < 1.29 is 22.8 Å². The number of anilines is 1. The minimum atomic E-state index is -3.58. The fourth-order valence-corrected chi connectivity index (χ4v) is 5.69. The van der Waals surface area contributed by atoms with Crippen molar-refractivity contribution in [2.75, 3.05) is 45.2 Å². The number of benzene rings is 1. The molecular formula is C21H34N3O4S+. The lowest BCUT2D eigenvalue weighted by atomic mass is 9.99. The van der Waals surface area contributed by atoms with Crippen LogP contribution in [-0.4, -0.2) is 58.5 Å². The van der Waals surface area contributed by atoms with E-state index in [2.05, 4.69) is 12.2 Å². The van der Waals surface area contributed by atoms with Crippen LogP contribution in [0.3, 0.4) is 0 Å². The van der Waals surface area contributed by atoms with Crippen molar-refractivity contribution in [3.63, 3.8) is 0 Å². The summed E-state index contributed by atoms with van der Waals surface area (Å²) in [6.45, 7) is 5.72. The minimum Gasteiger partial charge on any atom is -0.495 e. The van der Waals surface area contributed by atoms with Gasteiger partial charge in [0.05, 0.1) is 30.8 Å². The van der Waals surface area contributed by atoms with Crippen molar-refractivity contribution in [3.05, 3.63) is 18.2 Å². The Hall–Kier alpha value is -1.64. The number of nitrogens with zero attached hydrogens (tertiary/aromatic N) is 1. The van der Waals surface area contributed by atoms with Gasteiger partial charge in [0.1, 0.15) is 5.75 Å². The van der Waals surface area contributed by atoms with Crippen molar-refractivity contribution in [1.29, 1.82) is 0 Å². The third-order valence-corrected chi connectivity index (χ3v) is 7.93. The highest BCUT2D eigenvalue weighted by molar-refractivity contribution is 7.89. The molecule has 0 spiro atoms. The van der Waals surface area contributed by atoms with Gasteiger partial charge in [0.25, 0.3) is 5.91 Å². The zero-order chi connectivity index (χ0) is 20.9. The molecule has 2 heterocycles. The Bertz CT molecular complexity index is 796. The molecule has 7 nitrogen and oxygen atoms in total. The number of likely N-dealkylation sites (tertiary alicyclic amines) is 1. The van der Waals surface area contributed by atoms with Gasteiger partial charge in [-0.3, -0.25) is 4.79 Å². The summed E-state index contributed by atoms with van der Waals surface area (Å²) in [6.07, 6.45) is 6.17. The molecule has 8 heteroatoms. The maximum absolute atomic E-state index is 13.1. The Labute approximate surface area is 174 Å². The highest BCUT2D eigenvalue weighted by atomic mass is 32.2. The van der Waals surface area contributed by atoms with E-state index in [1.54, 1.807) is 16.4 Å². The van der Waals surface area contributed by atoms with E-state index in [1.165, 1.54) is 18.1 Å². The van der Waals surface area contributed by atoms with E-state index in [9.17, 15) is 13.2 Å². The largest absolute Gasteiger partial charge is 0.495 e. The lowest BCUT2D eigenvalue weighted by Gasteiger charge is -2.26. The first kappa shape index (κ1) is 22.1. The topological polar surface area (TPSA) is 80.2 Å². The second-order valence-corrected chi connectivity index (χ2v) is 10.3. The molecule has 2 aliphatic rings. The molecule has 1 aromatic rings. The number of piperidine rings is 1. The number of methoxy groups -OCH3 is 1. The fourth-order valence-electron chi connectivity index (χ4n) is 4.14. The summed E-state index contributed by atoms with van der Waals surface area (Å²) >= 11 is 0. The third-order valence-electron chi connectivity index (χ3n) is 6.04. The van der Waals surface area contributed by atoms with Crippen LogP contribution in [0.5, 0.6) is 5.75 Å². The zero-order valence-corrected chi connectivity index (χ0v) is 18.4. The molecule has 0 saturated carbocycles. The van der Waals surface area contributed by atoms with Crippen LogP contribution in [0.4, 0.5) is 5.69 Å². The Balaban J connectivity index is 1.73. The predicted molar refractivity (Wildman–Crippen MR) is 113 cm³/mol. The Morgan fingerprint density at radius 1 is 1.17 bits per heavy atom. The van der Waals surface area contributed by atoms with E-state index in [0.29, 0.717) is 31.1 Å². The number of sulfonamides is 1. The maximum Gasteiger partial charge on any atom is 0.279 e. The van der Waals surface area contributed by atoms with Crippen molar-refractivity contribution in [3.8, 4) is 5.75 Å². The van der Waals surface area contributed by atoms with Crippen LogP contribution in [0, 0.1) is 5.92 Å². The number of nitrogens with one attached hydrogen (secondary N) is 2. The molecule has 1 aromatic carbocycles. The van der Waals surface area contributed by atoms with Gasteiger partial charge in [-0.25, -0.2) is 8.42 Å². The number of hydrogen-bond acceptors (Lipinski definition) is 4. The molecular weight excluding hydrogens is 390 g/mol. The van der Waals surface area contributed by atoms with Gasteiger partial charge < -0.3 is 15.0 Å². The minimum absolute atomic E-state index is 0.114. The molecule has 2 N–H and O–H groups in total. The van der Waals surface area contributed by atoms with Crippen LogP contribution < -0.4 is 15.0 Å². The first-order valence-electron chi connectivity index (χ1n) is 10.7. The highest BCUT2D eigenvalue weighted by Gasteiger charge is 2.27. The van der Waals surface area contributed by atoms with E-state index in [1.807, 2.05) is 0 Å². The van der Waals surface area contributed by atoms with Gasteiger partial charge in [0, 0.05) is 13.1 Å². The molecule has 3 rings (SSSR count). The predicted octanol–water partition coefficient (Wildman–Crippen LogP) is 1.51. The van der Waals surface area contributed by atoms with Crippen LogP contribution >= 0.6 is 0 Å².